The lowest BCUT2D eigenvalue weighted by Gasteiger charge is -2.27. The summed E-state index contributed by atoms with van der Waals surface area (Å²) < 4.78 is 26.8. The number of hydrogen-bond acceptors (Lipinski definition) is 4. The van der Waals surface area contributed by atoms with Crippen molar-refractivity contribution in [2.45, 2.75) is 37.1 Å². The van der Waals surface area contributed by atoms with Gasteiger partial charge >= 0.3 is 5.97 Å². The minimum absolute atomic E-state index is 0.00370. The number of hydrogen-bond donors (Lipinski definition) is 2. The molecule has 0 aromatic carbocycles. The van der Waals surface area contributed by atoms with Crippen molar-refractivity contribution in [3.63, 3.8) is 0 Å². The molecule has 2 N–H and O–H groups in total. The SMILES string of the molecule is CCC(CC)(NS(=O)(=O)c1cc(Cl)sc1Cl)C(=O)O. The Hall–Kier alpha value is -0.340. The Kier molecular flexibility index (Phi) is 5.25. The third-order valence-electron chi connectivity index (χ3n) is 2.86. The standard InChI is InChI=1S/C10H13Cl2NO4S2/c1-3-10(4-2,9(14)15)13-19(16,17)6-5-7(11)18-8(6)12/h5,13H,3-4H2,1-2H3,(H,14,15). The van der Waals surface area contributed by atoms with E-state index in [9.17, 15) is 18.3 Å². The summed E-state index contributed by atoms with van der Waals surface area (Å²) in [5.41, 5.74) is -1.55. The van der Waals surface area contributed by atoms with Gasteiger partial charge in [-0.25, -0.2) is 8.42 Å². The minimum atomic E-state index is -4.03. The molecule has 19 heavy (non-hydrogen) atoms. The zero-order valence-corrected chi connectivity index (χ0v) is 13.4. The van der Waals surface area contributed by atoms with Gasteiger partial charge in [-0.3, -0.25) is 4.79 Å². The smallest absolute Gasteiger partial charge is 0.324 e. The second kappa shape index (κ2) is 5.97. The average Bonchev–Trinajstić information content (AvgIpc) is 2.66. The Morgan fingerprint density at radius 3 is 2.26 bits per heavy atom. The van der Waals surface area contributed by atoms with Gasteiger partial charge in [0.15, 0.2) is 0 Å². The Balaban J connectivity index is 3.22. The molecule has 0 aliphatic carbocycles. The van der Waals surface area contributed by atoms with Gasteiger partial charge in [0.1, 0.15) is 14.8 Å². The van der Waals surface area contributed by atoms with Gasteiger partial charge in [-0.2, -0.15) is 4.72 Å². The van der Waals surface area contributed by atoms with E-state index in [0.717, 1.165) is 11.3 Å². The number of aliphatic carboxylic acids is 1. The molecule has 1 heterocycles. The second-order valence-corrected chi connectivity index (χ2v) is 7.82. The van der Waals surface area contributed by atoms with E-state index in [-0.39, 0.29) is 26.4 Å². The second-order valence-electron chi connectivity index (χ2n) is 3.89. The van der Waals surface area contributed by atoms with Crippen LogP contribution in [0.15, 0.2) is 11.0 Å². The molecule has 5 nitrogen and oxygen atoms in total. The Bertz CT molecular complexity index is 578. The van der Waals surface area contributed by atoms with Crippen molar-refractivity contribution in [1.82, 2.24) is 4.72 Å². The van der Waals surface area contributed by atoms with Gasteiger partial charge in [-0.1, -0.05) is 37.0 Å². The van der Waals surface area contributed by atoms with Crippen LogP contribution in [0.2, 0.25) is 8.67 Å². The predicted molar refractivity (Wildman–Crippen MR) is 75.6 cm³/mol. The molecule has 0 aliphatic heterocycles. The van der Waals surface area contributed by atoms with Crippen molar-refractivity contribution in [3.05, 3.63) is 14.7 Å². The van der Waals surface area contributed by atoms with E-state index < -0.39 is 21.5 Å². The Morgan fingerprint density at radius 1 is 1.42 bits per heavy atom. The first kappa shape index (κ1) is 16.7. The van der Waals surface area contributed by atoms with Gasteiger partial charge in [0, 0.05) is 0 Å². The molecule has 0 saturated heterocycles. The Morgan fingerprint density at radius 2 is 1.95 bits per heavy atom. The maximum Gasteiger partial charge on any atom is 0.324 e. The van der Waals surface area contributed by atoms with E-state index in [4.69, 9.17) is 23.2 Å². The molecule has 0 bridgehead atoms. The molecule has 0 fully saturated rings. The van der Waals surface area contributed by atoms with Crippen molar-refractivity contribution < 1.29 is 18.3 Å². The third-order valence-corrected chi connectivity index (χ3v) is 6.15. The number of sulfonamides is 1. The minimum Gasteiger partial charge on any atom is -0.480 e. The van der Waals surface area contributed by atoms with Crippen molar-refractivity contribution in [2.24, 2.45) is 0 Å². The van der Waals surface area contributed by atoms with Gasteiger partial charge in [0.25, 0.3) is 0 Å². The number of thiophene rings is 1. The molecule has 0 atom stereocenters. The first-order chi connectivity index (χ1) is 8.68. The van der Waals surface area contributed by atoms with Crippen molar-refractivity contribution in [1.29, 1.82) is 0 Å². The van der Waals surface area contributed by atoms with Crippen LogP contribution >= 0.6 is 34.5 Å². The fourth-order valence-electron chi connectivity index (χ4n) is 1.56. The van der Waals surface area contributed by atoms with Crippen LogP contribution in [-0.4, -0.2) is 25.0 Å². The summed E-state index contributed by atoms with van der Waals surface area (Å²) in [6, 6.07) is 1.20. The van der Waals surface area contributed by atoms with Gasteiger partial charge in [0.05, 0.1) is 4.34 Å². The molecule has 0 aliphatic rings. The Labute approximate surface area is 125 Å². The highest BCUT2D eigenvalue weighted by Crippen LogP contribution is 2.35. The summed E-state index contributed by atoms with van der Waals surface area (Å²) >= 11 is 12.4. The molecular weight excluding hydrogens is 333 g/mol. The number of carboxylic acids is 1. The highest BCUT2D eigenvalue weighted by Gasteiger charge is 2.40. The number of rotatable bonds is 6. The van der Waals surface area contributed by atoms with Gasteiger partial charge < -0.3 is 5.11 Å². The lowest BCUT2D eigenvalue weighted by Crippen LogP contribution is -2.53. The first-order valence-electron chi connectivity index (χ1n) is 5.40. The van der Waals surface area contributed by atoms with Crippen LogP contribution in [0.1, 0.15) is 26.7 Å². The normalized spacial score (nSPS) is 12.6. The fourth-order valence-corrected chi connectivity index (χ4v) is 5.21. The molecule has 0 amide bonds. The maximum absolute atomic E-state index is 12.2. The molecule has 0 radical (unpaired) electrons. The van der Waals surface area contributed by atoms with Crippen LogP contribution in [-0.2, 0) is 14.8 Å². The lowest BCUT2D eigenvalue weighted by molar-refractivity contribution is -0.144. The molecule has 1 rings (SSSR count). The summed E-state index contributed by atoms with van der Waals surface area (Å²) in [7, 11) is -4.03. The van der Waals surface area contributed by atoms with E-state index in [0.29, 0.717) is 0 Å². The number of carboxylic acid groups (broad SMARTS) is 1. The summed E-state index contributed by atoms with van der Waals surface area (Å²) in [5, 5.41) is 9.23. The van der Waals surface area contributed by atoms with E-state index in [1.807, 2.05) is 0 Å². The summed E-state index contributed by atoms with van der Waals surface area (Å²) in [6.45, 7) is 3.20. The predicted octanol–water partition coefficient (Wildman–Crippen LogP) is 2.98. The zero-order valence-electron chi connectivity index (χ0n) is 10.2. The van der Waals surface area contributed by atoms with E-state index in [2.05, 4.69) is 4.72 Å². The monoisotopic (exact) mass is 345 g/mol. The largest absolute Gasteiger partial charge is 0.480 e. The average molecular weight is 346 g/mol. The van der Waals surface area contributed by atoms with Crippen molar-refractivity contribution in [2.75, 3.05) is 0 Å². The molecule has 0 spiro atoms. The number of carbonyl (C=O) groups is 1. The summed E-state index contributed by atoms with van der Waals surface area (Å²) in [4.78, 5) is 11.1. The first-order valence-corrected chi connectivity index (χ1v) is 8.46. The van der Waals surface area contributed by atoms with Crippen LogP contribution in [0.5, 0.6) is 0 Å². The van der Waals surface area contributed by atoms with Crippen LogP contribution < -0.4 is 4.72 Å². The summed E-state index contributed by atoms with van der Waals surface area (Å²) in [5.74, 6) is -1.22. The molecule has 0 saturated carbocycles. The van der Waals surface area contributed by atoms with Crippen LogP contribution in [0.4, 0.5) is 0 Å². The maximum atomic E-state index is 12.2. The molecule has 1 aromatic heterocycles. The van der Waals surface area contributed by atoms with Crippen LogP contribution in [0.25, 0.3) is 0 Å². The van der Waals surface area contributed by atoms with Gasteiger partial charge in [0.2, 0.25) is 10.0 Å². The van der Waals surface area contributed by atoms with Crippen LogP contribution in [0, 0.1) is 0 Å². The van der Waals surface area contributed by atoms with Crippen molar-refractivity contribution >= 4 is 50.5 Å². The molecule has 108 valence electrons. The third kappa shape index (κ3) is 3.41. The molecule has 9 heteroatoms. The lowest BCUT2D eigenvalue weighted by atomic mass is 9.95. The van der Waals surface area contributed by atoms with Gasteiger partial charge in [-0.15, -0.1) is 11.3 Å². The van der Waals surface area contributed by atoms with E-state index in [1.165, 1.54) is 6.07 Å². The van der Waals surface area contributed by atoms with Crippen LogP contribution in [0.3, 0.4) is 0 Å². The molecule has 1 aromatic rings. The summed E-state index contributed by atoms with van der Waals surface area (Å²) in [6.07, 6.45) is 0.237. The quantitative estimate of drug-likeness (QED) is 0.829. The van der Waals surface area contributed by atoms with Gasteiger partial charge in [-0.05, 0) is 18.9 Å². The van der Waals surface area contributed by atoms with E-state index in [1.54, 1.807) is 13.8 Å². The molecular formula is C10H13Cl2NO4S2. The molecule has 0 unspecified atom stereocenters. The highest BCUT2D eigenvalue weighted by atomic mass is 35.5. The topological polar surface area (TPSA) is 83.5 Å². The zero-order chi connectivity index (χ0) is 14.8. The highest BCUT2D eigenvalue weighted by molar-refractivity contribution is 7.89. The van der Waals surface area contributed by atoms with E-state index >= 15 is 0 Å². The number of nitrogens with one attached hydrogen (secondary N) is 1. The fraction of sp³-hybridized carbons (Fsp3) is 0.500. The van der Waals surface area contributed by atoms with Crippen molar-refractivity contribution in [3.8, 4) is 0 Å². The number of halogens is 2.